The van der Waals surface area contributed by atoms with Gasteiger partial charge in [0.15, 0.2) is 0 Å². The van der Waals surface area contributed by atoms with Gasteiger partial charge in [-0.1, -0.05) is 92.4 Å². The van der Waals surface area contributed by atoms with Crippen molar-refractivity contribution in [1.29, 1.82) is 0 Å². The van der Waals surface area contributed by atoms with Gasteiger partial charge in [-0.3, -0.25) is 0 Å². The molecule has 5 fully saturated rings. The van der Waals surface area contributed by atoms with Crippen LogP contribution in [0.2, 0.25) is 0 Å². The Labute approximate surface area is 245 Å². The molecule has 8 atom stereocenters. The van der Waals surface area contributed by atoms with E-state index in [0.29, 0.717) is 5.41 Å². The van der Waals surface area contributed by atoms with Crippen molar-refractivity contribution in [2.24, 2.45) is 58.7 Å². The maximum Gasteiger partial charge on any atom is 0.00981 e. The van der Waals surface area contributed by atoms with Gasteiger partial charge in [0.1, 0.15) is 0 Å². The monoisotopic (exact) mass is 540 g/mol. The summed E-state index contributed by atoms with van der Waals surface area (Å²) in [4.78, 5) is 2.93. The molecule has 0 radical (unpaired) electrons. The number of hydrogen-bond acceptors (Lipinski definition) is 1. The summed E-state index contributed by atoms with van der Waals surface area (Å²) in [7, 11) is 2.54. The first-order valence-electron chi connectivity index (χ1n) is 18.5. The highest BCUT2D eigenvalue weighted by Gasteiger charge is 2.57. The third kappa shape index (κ3) is 6.80. The SMILES string of the molecule is CCC(CCC1CCCCC1CCCC(C)C)C1CCC(N(C)C2CCC3C4CCCC4C(C)(C)C3C2)CC1. The zero-order valence-corrected chi connectivity index (χ0v) is 27.4. The minimum absolute atomic E-state index is 0.600. The van der Waals surface area contributed by atoms with E-state index in [1.54, 1.807) is 19.3 Å². The molecule has 39 heavy (non-hydrogen) atoms. The minimum atomic E-state index is 0.600. The third-order valence-electron chi connectivity index (χ3n) is 14.3. The summed E-state index contributed by atoms with van der Waals surface area (Å²) in [6.45, 7) is 12.7. The molecule has 1 heteroatoms. The lowest BCUT2D eigenvalue weighted by Gasteiger charge is -2.47. The molecule has 0 saturated heterocycles. The highest BCUT2D eigenvalue weighted by atomic mass is 15.2. The van der Waals surface area contributed by atoms with Gasteiger partial charge in [0, 0.05) is 12.1 Å². The van der Waals surface area contributed by atoms with E-state index in [4.69, 9.17) is 0 Å². The molecule has 0 aromatic rings. The van der Waals surface area contributed by atoms with Crippen LogP contribution in [0.4, 0.5) is 0 Å². The van der Waals surface area contributed by atoms with Crippen LogP contribution < -0.4 is 0 Å². The Morgan fingerprint density at radius 3 is 2.05 bits per heavy atom. The molecule has 5 aliphatic carbocycles. The number of rotatable bonds is 11. The summed E-state index contributed by atoms with van der Waals surface area (Å²) in [5.74, 6) is 9.21. The lowest BCUT2D eigenvalue weighted by Crippen LogP contribution is -2.47. The van der Waals surface area contributed by atoms with Crippen molar-refractivity contribution in [1.82, 2.24) is 4.90 Å². The van der Waals surface area contributed by atoms with Crippen LogP contribution >= 0.6 is 0 Å². The molecule has 1 nitrogen and oxygen atoms in total. The average molecular weight is 540 g/mol. The van der Waals surface area contributed by atoms with Crippen molar-refractivity contribution < 1.29 is 0 Å². The number of hydrogen-bond donors (Lipinski definition) is 0. The molecule has 0 bridgehead atoms. The summed E-state index contributed by atoms with van der Waals surface area (Å²) in [5.41, 5.74) is 0.600. The van der Waals surface area contributed by atoms with E-state index in [-0.39, 0.29) is 0 Å². The molecule has 5 aliphatic rings. The fourth-order valence-electron chi connectivity index (χ4n) is 11.9. The zero-order valence-electron chi connectivity index (χ0n) is 27.4. The van der Waals surface area contributed by atoms with Gasteiger partial charge in [-0.15, -0.1) is 0 Å². The lowest BCUT2D eigenvalue weighted by molar-refractivity contribution is 0.0316. The Kier molecular flexibility index (Phi) is 10.5. The fraction of sp³-hybridized carbons (Fsp3) is 1.00. The van der Waals surface area contributed by atoms with Crippen molar-refractivity contribution in [3.05, 3.63) is 0 Å². The number of fused-ring (bicyclic) bond motifs is 3. The van der Waals surface area contributed by atoms with Gasteiger partial charge in [-0.2, -0.15) is 0 Å². The van der Waals surface area contributed by atoms with Crippen LogP contribution in [0.5, 0.6) is 0 Å². The predicted octanol–water partition coefficient (Wildman–Crippen LogP) is 11.2. The first-order valence-corrected chi connectivity index (χ1v) is 18.5. The molecular weight excluding hydrogens is 470 g/mol. The van der Waals surface area contributed by atoms with Gasteiger partial charge < -0.3 is 4.90 Å². The van der Waals surface area contributed by atoms with Crippen LogP contribution in [0.3, 0.4) is 0 Å². The largest absolute Gasteiger partial charge is 0.300 e. The normalized spacial score (nSPS) is 41.1. The second-order valence-corrected chi connectivity index (χ2v) is 16.9. The fourth-order valence-corrected chi connectivity index (χ4v) is 11.9. The Morgan fingerprint density at radius 1 is 0.692 bits per heavy atom. The Bertz CT molecular complexity index is 731. The molecule has 0 aromatic heterocycles. The van der Waals surface area contributed by atoms with Gasteiger partial charge in [-0.25, -0.2) is 0 Å². The van der Waals surface area contributed by atoms with Crippen LogP contribution in [0.15, 0.2) is 0 Å². The van der Waals surface area contributed by atoms with Crippen molar-refractivity contribution in [2.45, 2.75) is 175 Å². The highest BCUT2D eigenvalue weighted by molar-refractivity contribution is 5.07. The molecule has 5 rings (SSSR count). The van der Waals surface area contributed by atoms with E-state index in [0.717, 1.165) is 65.3 Å². The molecule has 0 heterocycles. The molecule has 0 aromatic carbocycles. The van der Waals surface area contributed by atoms with Gasteiger partial charge in [0.05, 0.1) is 0 Å². The van der Waals surface area contributed by atoms with Gasteiger partial charge in [0.25, 0.3) is 0 Å². The highest BCUT2D eigenvalue weighted by Crippen LogP contribution is 2.64. The van der Waals surface area contributed by atoms with Crippen LogP contribution in [0.1, 0.15) is 163 Å². The summed E-state index contributed by atoms with van der Waals surface area (Å²) >= 11 is 0. The minimum Gasteiger partial charge on any atom is -0.300 e. The Balaban J connectivity index is 1.07. The van der Waals surface area contributed by atoms with Gasteiger partial charge in [0.2, 0.25) is 0 Å². The Hall–Kier alpha value is -0.0400. The quantitative estimate of drug-likeness (QED) is 0.252. The third-order valence-corrected chi connectivity index (χ3v) is 14.3. The lowest BCUT2D eigenvalue weighted by atomic mass is 9.66. The molecule has 0 aliphatic heterocycles. The van der Waals surface area contributed by atoms with E-state index in [1.165, 1.54) is 109 Å². The molecule has 0 spiro atoms. The van der Waals surface area contributed by atoms with Crippen LogP contribution in [-0.2, 0) is 0 Å². The summed E-state index contributed by atoms with van der Waals surface area (Å²) in [5, 5.41) is 0. The second-order valence-electron chi connectivity index (χ2n) is 16.9. The molecular formula is C38H69N. The standard InChI is InChI=1S/C38H69N/c1-7-28(18-19-30-14-9-8-13-29(30)15-10-12-27(2)3)31-20-22-32(23-21-31)39(6)33-24-25-35-34-16-11-17-36(34)38(4,5)37(35)26-33/h27-37H,7-26H2,1-6H3. The van der Waals surface area contributed by atoms with Gasteiger partial charge >= 0.3 is 0 Å². The van der Waals surface area contributed by atoms with Crippen LogP contribution in [0.25, 0.3) is 0 Å². The molecule has 5 saturated carbocycles. The van der Waals surface area contributed by atoms with Crippen LogP contribution in [-0.4, -0.2) is 24.0 Å². The second kappa shape index (κ2) is 13.5. The van der Waals surface area contributed by atoms with Crippen LogP contribution in [0, 0.1) is 58.7 Å². The first kappa shape index (κ1) is 30.4. The summed E-state index contributed by atoms with van der Waals surface area (Å²) in [6.07, 6.45) is 30.2. The van der Waals surface area contributed by atoms with E-state index in [9.17, 15) is 0 Å². The molecule has 8 unspecified atom stereocenters. The molecule has 0 N–H and O–H groups in total. The number of nitrogens with zero attached hydrogens (tertiary/aromatic N) is 1. The van der Waals surface area contributed by atoms with Crippen molar-refractivity contribution in [3.63, 3.8) is 0 Å². The smallest absolute Gasteiger partial charge is 0.00981 e. The van der Waals surface area contributed by atoms with E-state index in [2.05, 4.69) is 46.6 Å². The van der Waals surface area contributed by atoms with E-state index < -0.39 is 0 Å². The molecule has 226 valence electrons. The Morgan fingerprint density at radius 2 is 1.36 bits per heavy atom. The van der Waals surface area contributed by atoms with Crippen molar-refractivity contribution in [2.75, 3.05) is 7.05 Å². The van der Waals surface area contributed by atoms with E-state index >= 15 is 0 Å². The molecule has 0 amide bonds. The maximum atomic E-state index is 2.93. The van der Waals surface area contributed by atoms with Crippen molar-refractivity contribution in [3.8, 4) is 0 Å². The van der Waals surface area contributed by atoms with E-state index in [1.807, 2.05) is 0 Å². The van der Waals surface area contributed by atoms with Crippen molar-refractivity contribution >= 4 is 0 Å². The summed E-state index contributed by atoms with van der Waals surface area (Å²) in [6, 6.07) is 1.74. The zero-order chi connectivity index (χ0) is 27.6. The maximum absolute atomic E-state index is 2.93. The first-order chi connectivity index (χ1) is 18.8. The van der Waals surface area contributed by atoms with Gasteiger partial charge in [-0.05, 0) is 136 Å². The predicted molar refractivity (Wildman–Crippen MR) is 170 cm³/mol. The topological polar surface area (TPSA) is 3.24 Å². The summed E-state index contributed by atoms with van der Waals surface area (Å²) < 4.78 is 0. The average Bonchev–Trinajstić information content (AvgIpc) is 3.51.